The summed E-state index contributed by atoms with van der Waals surface area (Å²) < 4.78 is 5.25. The van der Waals surface area contributed by atoms with Crippen LogP contribution >= 0.6 is 0 Å². The maximum absolute atomic E-state index is 5.25. The molecule has 1 saturated heterocycles. The predicted octanol–water partition coefficient (Wildman–Crippen LogP) is 1.27. The third-order valence-electron chi connectivity index (χ3n) is 2.93. The molecule has 0 aliphatic carbocycles. The fourth-order valence-electron chi connectivity index (χ4n) is 1.83. The molecule has 1 rings (SSSR count). The maximum atomic E-state index is 5.25. The Morgan fingerprint density at radius 1 is 1.55 bits per heavy atom. The number of methoxy groups -OCH3 is 1. The van der Waals surface area contributed by atoms with Gasteiger partial charge in [-0.2, -0.15) is 0 Å². The van der Waals surface area contributed by atoms with Crippen molar-refractivity contribution in [3.05, 3.63) is 0 Å². The van der Waals surface area contributed by atoms with Crippen molar-refractivity contribution < 1.29 is 4.74 Å². The zero-order valence-corrected chi connectivity index (χ0v) is 7.81. The van der Waals surface area contributed by atoms with Gasteiger partial charge in [0.05, 0.1) is 6.61 Å². The first kappa shape index (κ1) is 9.01. The van der Waals surface area contributed by atoms with Gasteiger partial charge in [0, 0.05) is 19.1 Å². The average molecular weight is 157 g/mol. The summed E-state index contributed by atoms with van der Waals surface area (Å²) in [5.74, 6) is 0.720. The van der Waals surface area contributed by atoms with E-state index in [2.05, 4.69) is 19.2 Å². The molecule has 0 aromatic carbocycles. The summed E-state index contributed by atoms with van der Waals surface area (Å²) in [6.07, 6.45) is 1.26. The van der Waals surface area contributed by atoms with Crippen LogP contribution in [0, 0.1) is 11.3 Å². The van der Waals surface area contributed by atoms with Crippen LogP contribution in [0.15, 0.2) is 0 Å². The summed E-state index contributed by atoms with van der Waals surface area (Å²) >= 11 is 0. The molecule has 1 aliphatic heterocycles. The Labute approximate surface area is 69.3 Å². The number of hydrogen-bond donors (Lipinski definition) is 1. The van der Waals surface area contributed by atoms with E-state index >= 15 is 0 Å². The third kappa shape index (κ3) is 1.74. The van der Waals surface area contributed by atoms with Gasteiger partial charge in [0.2, 0.25) is 0 Å². The van der Waals surface area contributed by atoms with Crippen molar-refractivity contribution in [3.63, 3.8) is 0 Å². The van der Waals surface area contributed by atoms with Crippen LogP contribution in [0.1, 0.15) is 20.3 Å². The molecular weight excluding hydrogens is 138 g/mol. The van der Waals surface area contributed by atoms with E-state index in [9.17, 15) is 0 Å². The lowest BCUT2D eigenvalue weighted by Crippen LogP contribution is -2.34. The fraction of sp³-hybridized carbons (Fsp3) is 1.00. The average Bonchev–Trinajstić information content (AvgIpc) is 2.38. The molecule has 0 saturated carbocycles. The van der Waals surface area contributed by atoms with Crippen LogP contribution < -0.4 is 5.32 Å². The predicted molar refractivity (Wildman–Crippen MR) is 46.6 cm³/mol. The fourth-order valence-corrected chi connectivity index (χ4v) is 1.83. The lowest BCUT2D eigenvalue weighted by atomic mass is 9.77. The highest BCUT2D eigenvalue weighted by molar-refractivity contribution is 4.89. The molecule has 0 spiro atoms. The van der Waals surface area contributed by atoms with Crippen molar-refractivity contribution in [2.75, 3.05) is 26.8 Å². The van der Waals surface area contributed by atoms with Crippen LogP contribution in [0.2, 0.25) is 0 Å². The van der Waals surface area contributed by atoms with Crippen LogP contribution in [-0.2, 0) is 4.74 Å². The molecule has 0 bridgehead atoms. The van der Waals surface area contributed by atoms with E-state index in [0.717, 1.165) is 25.6 Å². The Hall–Kier alpha value is -0.0800. The smallest absolute Gasteiger partial charge is 0.0533 e. The lowest BCUT2D eigenvalue weighted by molar-refractivity contribution is 0.0583. The minimum atomic E-state index is 0.411. The second-order valence-corrected chi connectivity index (χ2v) is 3.88. The van der Waals surface area contributed by atoms with E-state index in [4.69, 9.17) is 4.74 Å². The second-order valence-electron chi connectivity index (χ2n) is 3.88. The topological polar surface area (TPSA) is 21.3 Å². The summed E-state index contributed by atoms with van der Waals surface area (Å²) in [4.78, 5) is 0. The number of ether oxygens (including phenoxy) is 1. The molecule has 1 fully saturated rings. The van der Waals surface area contributed by atoms with Gasteiger partial charge in [-0.25, -0.2) is 0 Å². The van der Waals surface area contributed by atoms with Gasteiger partial charge in [-0.15, -0.1) is 0 Å². The minimum absolute atomic E-state index is 0.411. The molecule has 0 radical (unpaired) electrons. The van der Waals surface area contributed by atoms with Crippen LogP contribution in [-0.4, -0.2) is 26.8 Å². The number of rotatable bonds is 3. The Morgan fingerprint density at radius 3 is 2.64 bits per heavy atom. The van der Waals surface area contributed by atoms with Gasteiger partial charge in [0.15, 0.2) is 0 Å². The van der Waals surface area contributed by atoms with Crippen molar-refractivity contribution in [1.82, 2.24) is 5.32 Å². The number of nitrogens with one attached hydrogen (secondary N) is 1. The van der Waals surface area contributed by atoms with Crippen molar-refractivity contribution >= 4 is 0 Å². The van der Waals surface area contributed by atoms with Gasteiger partial charge in [-0.1, -0.05) is 13.8 Å². The van der Waals surface area contributed by atoms with Crippen molar-refractivity contribution in [1.29, 1.82) is 0 Å². The van der Waals surface area contributed by atoms with E-state index < -0.39 is 0 Å². The Bertz CT molecular complexity index is 117. The molecule has 66 valence electrons. The highest BCUT2D eigenvalue weighted by Crippen LogP contribution is 2.33. The molecule has 2 heteroatoms. The summed E-state index contributed by atoms with van der Waals surface area (Å²) in [5.41, 5.74) is 0.411. The maximum Gasteiger partial charge on any atom is 0.0533 e. The van der Waals surface area contributed by atoms with Crippen molar-refractivity contribution in [2.24, 2.45) is 11.3 Å². The van der Waals surface area contributed by atoms with E-state index in [0.29, 0.717) is 5.41 Å². The molecule has 0 amide bonds. The van der Waals surface area contributed by atoms with E-state index in [1.165, 1.54) is 6.42 Å². The SMILES string of the molecule is COCC1(C(C)C)CCNC1. The molecule has 1 N–H and O–H groups in total. The normalized spacial score (nSPS) is 31.6. The molecule has 2 nitrogen and oxygen atoms in total. The highest BCUT2D eigenvalue weighted by Gasteiger charge is 2.36. The van der Waals surface area contributed by atoms with Gasteiger partial charge >= 0.3 is 0 Å². The van der Waals surface area contributed by atoms with Crippen molar-refractivity contribution in [3.8, 4) is 0 Å². The second kappa shape index (κ2) is 3.55. The van der Waals surface area contributed by atoms with Crippen LogP contribution in [0.5, 0.6) is 0 Å². The van der Waals surface area contributed by atoms with Crippen LogP contribution in [0.3, 0.4) is 0 Å². The third-order valence-corrected chi connectivity index (χ3v) is 2.93. The molecular formula is C9H19NO. The van der Waals surface area contributed by atoms with Crippen LogP contribution in [0.4, 0.5) is 0 Å². The first-order valence-corrected chi connectivity index (χ1v) is 4.41. The van der Waals surface area contributed by atoms with E-state index in [1.54, 1.807) is 7.11 Å². The minimum Gasteiger partial charge on any atom is -0.384 e. The first-order chi connectivity index (χ1) is 5.21. The Kier molecular flexibility index (Phi) is 2.90. The van der Waals surface area contributed by atoms with Gasteiger partial charge in [0.25, 0.3) is 0 Å². The van der Waals surface area contributed by atoms with Crippen LogP contribution in [0.25, 0.3) is 0 Å². The monoisotopic (exact) mass is 157 g/mol. The summed E-state index contributed by atoms with van der Waals surface area (Å²) in [6.45, 7) is 7.75. The number of hydrogen-bond acceptors (Lipinski definition) is 2. The molecule has 11 heavy (non-hydrogen) atoms. The molecule has 1 aliphatic rings. The Balaban J connectivity index is 2.55. The molecule has 1 unspecified atom stereocenters. The van der Waals surface area contributed by atoms with Crippen molar-refractivity contribution in [2.45, 2.75) is 20.3 Å². The summed E-state index contributed by atoms with van der Waals surface area (Å²) in [7, 11) is 1.79. The molecule has 1 atom stereocenters. The standard InChI is InChI=1S/C9H19NO/c1-8(2)9(7-11-3)4-5-10-6-9/h8,10H,4-7H2,1-3H3. The van der Waals surface area contributed by atoms with Gasteiger partial charge in [0.1, 0.15) is 0 Å². The van der Waals surface area contributed by atoms with Gasteiger partial charge in [-0.05, 0) is 18.9 Å². The molecule has 1 heterocycles. The molecule has 0 aromatic rings. The summed E-state index contributed by atoms with van der Waals surface area (Å²) in [5, 5.41) is 3.40. The first-order valence-electron chi connectivity index (χ1n) is 4.41. The summed E-state index contributed by atoms with van der Waals surface area (Å²) in [6, 6.07) is 0. The zero-order chi connectivity index (χ0) is 8.32. The van der Waals surface area contributed by atoms with E-state index in [1.807, 2.05) is 0 Å². The van der Waals surface area contributed by atoms with Gasteiger partial charge in [-0.3, -0.25) is 0 Å². The van der Waals surface area contributed by atoms with Gasteiger partial charge < -0.3 is 10.1 Å². The Morgan fingerprint density at radius 2 is 2.27 bits per heavy atom. The quantitative estimate of drug-likeness (QED) is 0.666. The van der Waals surface area contributed by atoms with E-state index in [-0.39, 0.29) is 0 Å². The lowest BCUT2D eigenvalue weighted by Gasteiger charge is -2.31. The molecule has 0 aromatic heterocycles. The zero-order valence-electron chi connectivity index (χ0n) is 7.81. The largest absolute Gasteiger partial charge is 0.384 e. The highest BCUT2D eigenvalue weighted by atomic mass is 16.5.